The highest BCUT2D eigenvalue weighted by Gasteiger charge is 2.03. The first-order valence-electron chi connectivity index (χ1n) is 7.52. The molecule has 0 aliphatic heterocycles. The van der Waals surface area contributed by atoms with Crippen molar-refractivity contribution in [2.45, 2.75) is 6.92 Å². The number of hydrogen-bond acceptors (Lipinski definition) is 4. The molecule has 5 nitrogen and oxygen atoms in total. The Labute approximate surface area is 136 Å². The number of rotatable bonds is 8. The fourth-order valence-corrected chi connectivity index (χ4v) is 2.02. The van der Waals surface area contributed by atoms with Gasteiger partial charge in [-0.2, -0.15) is 0 Å². The van der Waals surface area contributed by atoms with E-state index >= 15 is 0 Å². The van der Waals surface area contributed by atoms with Crippen LogP contribution >= 0.6 is 0 Å². The van der Waals surface area contributed by atoms with E-state index in [1.807, 2.05) is 55.5 Å². The third-order valence-electron chi connectivity index (χ3n) is 3.31. The molecule has 0 aliphatic rings. The summed E-state index contributed by atoms with van der Waals surface area (Å²) in [5.74, 6) is 1.50. The number of carbonyl (C=O) groups is 1. The van der Waals surface area contributed by atoms with E-state index in [4.69, 9.17) is 9.47 Å². The summed E-state index contributed by atoms with van der Waals surface area (Å²) in [6.45, 7) is 3.29. The Hall–Kier alpha value is -2.53. The van der Waals surface area contributed by atoms with Crippen molar-refractivity contribution >= 4 is 11.6 Å². The second kappa shape index (κ2) is 8.80. The van der Waals surface area contributed by atoms with Crippen LogP contribution in [0.15, 0.2) is 48.5 Å². The third-order valence-corrected chi connectivity index (χ3v) is 3.31. The average molecular weight is 314 g/mol. The molecule has 2 aromatic rings. The monoisotopic (exact) mass is 314 g/mol. The van der Waals surface area contributed by atoms with Crippen molar-refractivity contribution in [2.24, 2.45) is 0 Å². The van der Waals surface area contributed by atoms with Gasteiger partial charge in [0.25, 0.3) is 0 Å². The van der Waals surface area contributed by atoms with Gasteiger partial charge in [0.1, 0.15) is 18.1 Å². The van der Waals surface area contributed by atoms with Crippen LogP contribution in [0.4, 0.5) is 5.69 Å². The van der Waals surface area contributed by atoms with Crippen LogP contribution in [0, 0.1) is 6.92 Å². The van der Waals surface area contributed by atoms with Gasteiger partial charge in [0.15, 0.2) is 0 Å². The summed E-state index contributed by atoms with van der Waals surface area (Å²) in [5.41, 5.74) is 1.89. The highest BCUT2D eigenvalue weighted by Crippen LogP contribution is 2.16. The number of benzene rings is 2. The zero-order valence-electron chi connectivity index (χ0n) is 13.5. The Kier molecular flexibility index (Phi) is 6.44. The summed E-state index contributed by atoms with van der Waals surface area (Å²) in [6, 6.07) is 15.1. The standard InChI is InChI=1S/C18H22N2O3/c1-14-5-3-4-6-17(14)20-18(21)13-19-11-12-23-16-9-7-15(22-2)8-10-16/h3-10,19H,11-13H2,1-2H3,(H,20,21). The fourth-order valence-electron chi connectivity index (χ4n) is 2.02. The van der Waals surface area contributed by atoms with E-state index in [1.54, 1.807) is 7.11 Å². The highest BCUT2D eigenvalue weighted by molar-refractivity contribution is 5.92. The second-order valence-electron chi connectivity index (χ2n) is 5.06. The zero-order valence-corrected chi connectivity index (χ0v) is 13.5. The van der Waals surface area contributed by atoms with E-state index in [9.17, 15) is 4.79 Å². The quantitative estimate of drug-likeness (QED) is 0.735. The van der Waals surface area contributed by atoms with Crippen molar-refractivity contribution in [2.75, 3.05) is 32.1 Å². The van der Waals surface area contributed by atoms with Crippen molar-refractivity contribution in [1.82, 2.24) is 5.32 Å². The topological polar surface area (TPSA) is 59.6 Å². The summed E-state index contributed by atoms with van der Waals surface area (Å²) in [4.78, 5) is 11.8. The van der Waals surface area contributed by atoms with Gasteiger partial charge in [0, 0.05) is 12.2 Å². The molecule has 23 heavy (non-hydrogen) atoms. The maximum absolute atomic E-state index is 11.8. The van der Waals surface area contributed by atoms with Crippen LogP contribution in [-0.4, -0.2) is 32.7 Å². The number of anilines is 1. The maximum Gasteiger partial charge on any atom is 0.238 e. The molecular weight excluding hydrogens is 292 g/mol. The predicted octanol–water partition coefficient (Wildman–Crippen LogP) is 2.61. The Balaban J connectivity index is 1.63. The van der Waals surface area contributed by atoms with E-state index in [1.165, 1.54) is 0 Å². The van der Waals surface area contributed by atoms with E-state index < -0.39 is 0 Å². The lowest BCUT2D eigenvalue weighted by Gasteiger charge is -2.10. The van der Waals surface area contributed by atoms with Crippen LogP contribution in [0.25, 0.3) is 0 Å². The number of amides is 1. The van der Waals surface area contributed by atoms with Gasteiger partial charge in [0.2, 0.25) is 5.91 Å². The van der Waals surface area contributed by atoms with E-state index in [0.29, 0.717) is 13.2 Å². The minimum absolute atomic E-state index is 0.0660. The number of hydrogen-bond donors (Lipinski definition) is 2. The number of aryl methyl sites for hydroxylation is 1. The number of ether oxygens (including phenoxy) is 2. The fraction of sp³-hybridized carbons (Fsp3) is 0.278. The van der Waals surface area contributed by atoms with Crippen LogP contribution in [0.1, 0.15) is 5.56 Å². The molecule has 0 radical (unpaired) electrons. The first-order valence-corrected chi connectivity index (χ1v) is 7.52. The lowest BCUT2D eigenvalue weighted by atomic mass is 10.2. The summed E-state index contributed by atoms with van der Waals surface area (Å²) < 4.78 is 10.7. The second-order valence-corrected chi connectivity index (χ2v) is 5.06. The summed E-state index contributed by atoms with van der Waals surface area (Å²) in [5, 5.41) is 5.93. The molecule has 0 unspecified atom stereocenters. The molecule has 0 saturated carbocycles. The first kappa shape index (κ1) is 16.8. The van der Waals surface area contributed by atoms with Crippen molar-refractivity contribution in [1.29, 1.82) is 0 Å². The molecule has 0 fully saturated rings. The molecule has 2 rings (SSSR count). The number of nitrogens with one attached hydrogen (secondary N) is 2. The first-order chi connectivity index (χ1) is 11.2. The van der Waals surface area contributed by atoms with Gasteiger partial charge in [-0.25, -0.2) is 0 Å². The molecule has 122 valence electrons. The van der Waals surface area contributed by atoms with Gasteiger partial charge in [0.05, 0.1) is 13.7 Å². The van der Waals surface area contributed by atoms with Crippen LogP contribution in [-0.2, 0) is 4.79 Å². The Bertz CT molecular complexity index is 626. The molecule has 2 N–H and O–H groups in total. The Morgan fingerprint density at radius 3 is 2.43 bits per heavy atom. The van der Waals surface area contributed by atoms with Gasteiger partial charge in [-0.05, 0) is 42.8 Å². The maximum atomic E-state index is 11.8. The number of para-hydroxylation sites is 1. The molecule has 0 bridgehead atoms. The molecule has 0 spiro atoms. The SMILES string of the molecule is COc1ccc(OCCNCC(=O)Nc2ccccc2C)cc1. The molecule has 0 heterocycles. The zero-order chi connectivity index (χ0) is 16.5. The minimum atomic E-state index is -0.0660. The Morgan fingerprint density at radius 1 is 1.04 bits per heavy atom. The largest absolute Gasteiger partial charge is 0.497 e. The van der Waals surface area contributed by atoms with Crippen LogP contribution in [0.2, 0.25) is 0 Å². The van der Waals surface area contributed by atoms with Crippen molar-refractivity contribution in [3.8, 4) is 11.5 Å². The molecule has 1 amide bonds. The smallest absolute Gasteiger partial charge is 0.238 e. The van der Waals surface area contributed by atoms with Crippen molar-refractivity contribution < 1.29 is 14.3 Å². The number of methoxy groups -OCH3 is 1. The van der Waals surface area contributed by atoms with Crippen LogP contribution in [0.3, 0.4) is 0 Å². The number of carbonyl (C=O) groups excluding carboxylic acids is 1. The van der Waals surface area contributed by atoms with Gasteiger partial charge in [-0.1, -0.05) is 18.2 Å². The molecule has 0 aromatic heterocycles. The highest BCUT2D eigenvalue weighted by atomic mass is 16.5. The summed E-state index contributed by atoms with van der Waals surface area (Å²) in [7, 11) is 1.63. The lowest BCUT2D eigenvalue weighted by Crippen LogP contribution is -2.31. The van der Waals surface area contributed by atoms with Crippen molar-refractivity contribution in [3.05, 3.63) is 54.1 Å². The molecular formula is C18H22N2O3. The van der Waals surface area contributed by atoms with Crippen LogP contribution < -0.4 is 20.1 Å². The molecule has 5 heteroatoms. The average Bonchev–Trinajstić information content (AvgIpc) is 2.57. The summed E-state index contributed by atoms with van der Waals surface area (Å²) >= 11 is 0. The van der Waals surface area contributed by atoms with Gasteiger partial charge >= 0.3 is 0 Å². The molecule has 2 aromatic carbocycles. The molecule has 0 saturated heterocycles. The van der Waals surface area contributed by atoms with Crippen molar-refractivity contribution in [3.63, 3.8) is 0 Å². The molecule has 0 atom stereocenters. The van der Waals surface area contributed by atoms with E-state index in [-0.39, 0.29) is 12.5 Å². The predicted molar refractivity (Wildman–Crippen MR) is 91.2 cm³/mol. The van der Waals surface area contributed by atoms with Gasteiger partial charge < -0.3 is 20.1 Å². The van der Waals surface area contributed by atoms with E-state index in [2.05, 4.69) is 10.6 Å². The van der Waals surface area contributed by atoms with Gasteiger partial charge in [-0.15, -0.1) is 0 Å². The van der Waals surface area contributed by atoms with Gasteiger partial charge in [-0.3, -0.25) is 4.79 Å². The normalized spacial score (nSPS) is 10.2. The molecule has 0 aliphatic carbocycles. The van der Waals surface area contributed by atoms with Crippen LogP contribution in [0.5, 0.6) is 11.5 Å². The Morgan fingerprint density at radius 2 is 1.74 bits per heavy atom. The van der Waals surface area contributed by atoms with E-state index in [0.717, 1.165) is 22.7 Å². The third kappa shape index (κ3) is 5.64. The summed E-state index contributed by atoms with van der Waals surface area (Å²) in [6.07, 6.45) is 0. The minimum Gasteiger partial charge on any atom is -0.497 e. The lowest BCUT2D eigenvalue weighted by molar-refractivity contribution is -0.115.